The molecule has 0 spiro atoms. The predicted molar refractivity (Wildman–Crippen MR) is 86.5 cm³/mol. The molecule has 0 bridgehead atoms. The summed E-state index contributed by atoms with van der Waals surface area (Å²) in [4.78, 5) is 26.3. The van der Waals surface area contributed by atoms with Gasteiger partial charge in [-0.15, -0.1) is 0 Å². The summed E-state index contributed by atoms with van der Waals surface area (Å²) in [5, 5.41) is 3.02. The van der Waals surface area contributed by atoms with E-state index in [1.54, 1.807) is 0 Å². The molecule has 1 aliphatic heterocycles. The molecular formula is C18H24N2O2. The Balaban J connectivity index is 1.52. The standard InChI is InChI=1S/C18H24N2O2/c1-2-13-4-3-5-16(12-13)19-17(21)14-8-10-20(11-9-14)18(22)15-6-7-15/h3-5,12,14-15H,2,6-11H2,1H3,(H,19,21). The molecule has 1 aliphatic carbocycles. The SMILES string of the molecule is CCc1cccc(NC(=O)C2CCN(C(=O)C3CC3)CC2)c1. The van der Waals surface area contributed by atoms with Gasteiger partial charge < -0.3 is 10.2 Å². The van der Waals surface area contributed by atoms with Gasteiger partial charge in [-0.05, 0) is 49.8 Å². The molecule has 4 heteroatoms. The summed E-state index contributed by atoms with van der Waals surface area (Å²) in [7, 11) is 0. The topological polar surface area (TPSA) is 49.4 Å². The molecule has 2 aliphatic rings. The Kier molecular flexibility index (Phi) is 4.46. The largest absolute Gasteiger partial charge is 0.342 e. The fourth-order valence-corrected chi connectivity index (χ4v) is 3.06. The molecule has 1 aromatic carbocycles. The molecule has 3 rings (SSSR count). The van der Waals surface area contributed by atoms with Crippen LogP contribution in [0, 0.1) is 11.8 Å². The molecule has 0 aromatic heterocycles. The zero-order valence-corrected chi connectivity index (χ0v) is 13.2. The first-order chi connectivity index (χ1) is 10.7. The number of carbonyl (C=O) groups is 2. The first kappa shape index (κ1) is 15.1. The molecule has 2 fully saturated rings. The van der Waals surface area contributed by atoms with E-state index in [-0.39, 0.29) is 17.7 Å². The van der Waals surface area contributed by atoms with E-state index in [1.807, 2.05) is 23.1 Å². The van der Waals surface area contributed by atoms with Gasteiger partial charge in [0.05, 0.1) is 0 Å². The lowest BCUT2D eigenvalue weighted by atomic mass is 9.95. The van der Waals surface area contributed by atoms with E-state index in [1.165, 1.54) is 5.56 Å². The molecule has 2 amide bonds. The highest BCUT2D eigenvalue weighted by atomic mass is 16.2. The Morgan fingerprint density at radius 2 is 1.86 bits per heavy atom. The summed E-state index contributed by atoms with van der Waals surface area (Å²) in [5.41, 5.74) is 2.10. The number of nitrogens with one attached hydrogen (secondary N) is 1. The summed E-state index contributed by atoms with van der Waals surface area (Å²) in [5.74, 6) is 0.692. The molecule has 1 aromatic rings. The number of rotatable bonds is 4. The number of amides is 2. The van der Waals surface area contributed by atoms with Gasteiger partial charge in [0, 0.05) is 30.6 Å². The Bertz CT molecular complexity index is 558. The zero-order valence-electron chi connectivity index (χ0n) is 13.2. The van der Waals surface area contributed by atoms with Gasteiger partial charge in [-0.25, -0.2) is 0 Å². The smallest absolute Gasteiger partial charge is 0.227 e. The molecule has 0 unspecified atom stereocenters. The molecule has 0 atom stereocenters. The van der Waals surface area contributed by atoms with E-state index in [9.17, 15) is 9.59 Å². The normalized spacial score (nSPS) is 19.0. The lowest BCUT2D eigenvalue weighted by Crippen LogP contribution is -2.42. The van der Waals surface area contributed by atoms with Crippen LogP contribution in [0.15, 0.2) is 24.3 Å². The quantitative estimate of drug-likeness (QED) is 0.929. The number of hydrogen-bond donors (Lipinski definition) is 1. The van der Waals surface area contributed by atoms with Crippen molar-refractivity contribution in [3.05, 3.63) is 29.8 Å². The van der Waals surface area contributed by atoms with Crippen molar-refractivity contribution in [3.8, 4) is 0 Å². The van der Waals surface area contributed by atoms with Crippen molar-refractivity contribution in [2.24, 2.45) is 11.8 Å². The number of carbonyl (C=O) groups excluding carboxylic acids is 2. The van der Waals surface area contributed by atoms with Crippen LogP contribution in [-0.2, 0) is 16.0 Å². The van der Waals surface area contributed by atoms with E-state index in [0.717, 1.165) is 50.9 Å². The molecule has 1 heterocycles. The lowest BCUT2D eigenvalue weighted by Gasteiger charge is -2.31. The predicted octanol–water partition coefficient (Wildman–Crippen LogP) is 2.84. The first-order valence-corrected chi connectivity index (χ1v) is 8.36. The van der Waals surface area contributed by atoms with E-state index < -0.39 is 0 Å². The lowest BCUT2D eigenvalue weighted by molar-refractivity contribution is -0.135. The van der Waals surface area contributed by atoms with E-state index >= 15 is 0 Å². The van der Waals surface area contributed by atoms with Gasteiger partial charge in [-0.1, -0.05) is 19.1 Å². The van der Waals surface area contributed by atoms with Crippen molar-refractivity contribution in [1.29, 1.82) is 0 Å². The van der Waals surface area contributed by atoms with Crippen molar-refractivity contribution in [2.45, 2.75) is 39.0 Å². The molecule has 1 saturated heterocycles. The maximum atomic E-state index is 12.4. The van der Waals surface area contributed by atoms with Gasteiger partial charge in [0.2, 0.25) is 11.8 Å². The third-order valence-electron chi connectivity index (χ3n) is 4.71. The van der Waals surface area contributed by atoms with Crippen LogP contribution in [0.5, 0.6) is 0 Å². The number of anilines is 1. The fourth-order valence-electron chi connectivity index (χ4n) is 3.06. The van der Waals surface area contributed by atoms with Crippen LogP contribution >= 0.6 is 0 Å². The van der Waals surface area contributed by atoms with Crippen LogP contribution in [0.2, 0.25) is 0 Å². The van der Waals surface area contributed by atoms with Gasteiger partial charge in [0.15, 0.2) is 0 Å². The second-order valence-electron chi connectivity index (χ2n) is 6.42. The third-order valence-corrected chi connectivity index (χ3v) is 4.71. The number of piperidine rings is 1. The second-order valence-corrected chi connectivity index (χ2v) is 6.42. The highest BCUT2D eigenvalue weighted by Gasteiger charge is 2.35. The average Bonchev–Trinajstić information content (AvgIpc) is 3.39. The molecule has 1 saturated carbocycles. The molecule has 0 radical (unpaired) electrons. The minimum Gasteiger partial charge on any atom is -0.342 e. The molecular weight excluding hydrogens is 276 g/mol. The highest BCUT2D eigenvalue weighted by molar-refractivity contribution is 5.92. The maximum absolute atomic E-state index is 12.4. The number of aryl methyl sites for hydroxylation is 1. The molecule has 4 nitrogen and oxygen atoms in total. The van der Waals surface area contributed by atoms with Crippen molar-refractivity contribution < 1.29 is 9.59 Å². The van der Waals surface area contributed by atoms with E-state index in [4.69, 9.17) is 0 Å². The molecule has 1 N–H and O–H groups in total. The Morgan fingerprint density at radius 3 is 2.50 bits per heavy atom. The van der Waals surface area contributed by atoms with Crippen molar-refractivity contribution >= 4 is 17.5 Å². The van der Waals surface area contributed by atoms with Crippen molar-refractivity contribution in [3.63, 3.8) is 0 Å². The average molecular weight is 300 g/mol. The molecule has 22 heavy (non-hydrogen) atoms. The number of nitrogens with zero attached hydrogens (tertiary/aromatic N) is 1. The van der Waals surface area contributed by atoms with Gasteiger partial charge in [-0.3, -0.25) is 9.59 Å². The Morgan fingerprint density at radius 1 is 1.14 bits per heavy atom. The molecule has 118 valence electrons. The Labute approximate surface area is 131 Å². The summed E-state index contributed by atoms with van der Waals surface area (Å²) in [6, 6.07) is 8.01. The monoisotopic (exact) mass is 300 g/mol. The second kappa shape index (κ2) is 6.51. The van der Waals surface area contributed by atoms with Crippen LogP contribution < -0.4 is 5.32 Å². The van der Waals surface area contributed by atoms with E-state index in [2.05, 4.69) is 18.3 Å². The number of hydrogen-bond acceptors (Lipinski definition) is 2. The minimum absolute atomic E-state index is 0.0218. The van der Waals surface area contributed by atoms with Crippen molar-refractivity contribution in [2.75, 3.05) is 18.4 Å². The van der Waals surface area contributed by atoms with E-state index in [0.29, 0.717) is 5.91 Å². The van der Waals surface area contributed by atoms with Gasteiger partial charge in [-0.2, -0.15) is 0 Å². The van der Waals surface area contributed by atoms with Crippen LogP contribution in [0.3, 0.4) is 0 Å². The minimum atomic E-state index is 0.0218. The Hall–Kier alpha value is -1.84. The number of benzene rings is 1. The van der Waals surface area contributed by atoms with Crippen molar-refractivity contribution in [1.82, 2.24) is 4.90 Å². The van der Waals surface area contributed by atoms with Crippen LogP contribution in [0.4, 0.5) is 5.69 Å². The maximum Gasteiger partial charge on any atom is 0.227 e. The van der Waals surface area contributed by atoms with Gasteiger partial charge in [0.1, 0.15) is 0 Å². The van der Waals surface area contributed by atoms with Gasteiger partial charge in [0.25, 0.3) is 0 Å². The highest BCUT2D eigenvalue weighted by Crippen LogP contribution is 2.32. The first-order valence-electron chi connectivity index (χ1n) is 8.36. The fraction of sp³-hybridized carbons (Fsp3) is 0.556. The van der Waals surface area contributed by atoms with Crippen LogP contribution in [0.1, 0.15) is 38.2 Å². The third kappa shape index (κ3) is 3.49. The zero-order chi connectivity index (χ0) is 15.5. The summed E-state index contributed by atoms with van der Waals surface area (Å²) >= 11 is 0. The summed E-state index contributed by atoms with van der Waals surface area (Å²) in [6.45, 7) is 3.55. The summed E-state index contributed by atoms with van der Waals surface area (Å²) in [6.07, 6.45) is 4.61. The van der Waals surface area contributed by atoms with Crippen LogP contribution in [0.25, 0.3) is 0 Å². The summed E-state index contributed by atoms with van der Waals surface area (Å²) < 4.78 is 0. The number of likely N-dealkylation sites (tertiary alicyclic amines) is 1. The van der Waals surface area contributed by atoms with Gasteiger partial charge >= 0.3 is 0 Å². The van der Waals surface area contributed by atoms with Crippen LogP contribution in [-0.4, -0.2) is 29.8 Å².